The third-order valence-corrected chi connectivity index (χ3v) is 5.25. The predicted molar refractivity (Wildman–Crippen MR) is 90.2 cm³/mol. The highest BCUT2D eigenvalue weighted by Gasteiger charge is 2.26. The molecule has 1 aliphatic rings. The Kier molecular flexibility index (Phi) is 4.66. The second-order valence-electron chi connectivity index (χ2n) is 6.01. The molecule has 124 valence electrons. The molecule has 2 aromatic heterocycles. The summed E-state index contributed by atoms with van der Waals surface area (Å²) in [6.07, 6.45) is 2.96. The smallest absolute Gasteiger partial charge is 0.276 e. The van der Waals surface area contributed by atoms with Crippen LogP contribution in [0.5, 0.6) is 0 Å². The standard InChI is InChI=1S/C16H22N4O2S/c1-4-12-10-17-16(23-12)20-7-5-19(6-8-20)15(21)13-9-14(11(2)3)22-18-13/h9-11H,4-8H2,1-3H3. The van der Waals surface area contributed by atoms with Crippen LogP contribution in [0, 0.1) is 0 Å². The van der Waals surface area contributed by atoms with Crippen molar-refractivity contribution in [3.8, 4) is 0 Å². The van der Waals surface area contributed by atoms with Gasteiger partial charge in [0.15, 0.2) is 10.8 Å². The first-order chi connectivity index (χ1) is 11.1. The summed E-state index contributed by atoms with van der Waals surface area (Å²) in [6, 6.07) is 1.76. The summed E-state index contributed by atoms with van der Waals surface area (Å²) in [5.74, 6) is 0.939. The van der Waals surface area contributed by atoms with Gasteiger partial charge >= 0.3 is 0 Å². The summed E-state index contributed by atoms with van der Waals surface area (Å²) < 4.78 is 5.23. The van der Waals surface area contributed by atoms with E-state index in [4.69, 9.17) is 4.52 Å². The van der Waals surface area contributed by atoms with Crippen molar-refractivity contribution in [2.45, 2.75) is 33.1 Å². The molecule has 0 saturated carbocycles. The molecular formula is C16H22N4O2S. The van der Waals surface area contributed by atoms with Gasteiger partial charge in [0.25, 0.3) is 5.91 Å². The number of amides is 1. The average molecular weight is 334 g/mol. The first kappa shape index (κ1) is 16.0. The van der Waals surface area contributed by atoms with Gasteiger partial charge in [-0.25, -0.2) is 4.98 Å². The second-order valence-corrected chi connectivity index (χ2v) is 7.10. The van der Waals surface area contributed by atoms with E-state index in [1.165, 1.54) is 4.88 Å². The number of hydrogen-bond acceptors (Lipinski definition) is 6. The Morgan fingerprint density at radius 2 is 2.09 bits per heavy atom. The van der Waals surface area contributed by atoms with E-state index in [9.17, 15) is 4.79 Å². The first-order valence-corrected chi connectivity index (χ1v) is 8.85. The summed E-state index contributed by atoms with van der Waals surface area (Å²) in [5, 5.41) is 4.97. The molecule has 0 atom stereocenters. The fourth-order valence-corrected chi connectivity index (χ4v) is 3.43. The number of aromatic nitrogens is 2. The molecule has 3 heterocycles. The maximum absolute atomic E-state index is 12.5. The number of hydrogen-bond donors (Lipinski definition) is 0. The van der Waals surface area contributed by atoms with Gasteiger partial charge in [0.05, 0.1) is 0 Å². The fraction of sp³-hybridized carbons (Fsp3) is 0.562. The number of piperazine rings is 1. The van der Waals surface area contributed by atoms with Crippen molar-refractivity contribution in [3.05, 3.63) is 28.6 Å². The van der Waals surface area contributed by atoms with E-state index in [1.54, 1.807) is 17.4 Å². The Hall–Kier alpha value is -1.89. The van der Waals surface area contributed by atoms with Gasteiger partial charge < -0.3 is 14.3 Å². The van der Waals surface area contributed by atoms with Crippen LogP contribution in [-0.2, 0) is 6.42 Å². The lowest BCUT2D eigenvalue weighted by atomic mass is 10.1. The highest BCUT2D eigenvalue weighted by atomic mass is 32.1. The van der Waals surface area contributed by atoms with Crippen molar-refractivity contribution in [2.24, 2.45) is 0 Å². The number of carbonyl (C=O) groups excluding carboxylic acids is 1. The van der Waals surface area contributed by atoms with E-state index in [1.807, 2.05) is 24.9 Å². The maximum Gasteiger partial charge on any atom is 0.276 e. The molecule has 1 aliphatic heterocycles. The molecule has 1 fully saturated rings. The van der Waals surface area contributed by atoms with Crippen LogP contribution in [0.25, 0.3) is 0 Å². The van der Waals surface area contributed by atoms with E-state index in [-0.39, 0.29) is 11.8 Å². The van der Waals surface area contributed by atoms with Crippen molar-refractivity contribution < 1.29 is 9.32 Å². The van der Waals surface area contributed by atoms with Crippen molar-refractivity contribution in [3.63, 3.8) is 0 Å². The van der Waals surface area contributed by atoms with E-state index in [0.717, 1.165) is 30.4 Å². The van der Waals surface area contributed by atoms with E-state index >= 15 is 0 Å². The lowest BCUT2D eigenvalue weighted by Gasteiger charge is -2.34. The zero-order valence-electron chi connectivity index (χ0n) is 13.8. The number of nitrogens with zero attached hydrogens (tertiary/aromatic N) is 4. The number of rotatable bonds is 4. The number of thiazole rings is 1. The van der Waals surface area contributed by atoms with Gasteiger partial charge in [-0.1, -0.05) is 25.9 Å². The van der Waals surface area contributed by atoms with Gasteiger partial charge in [0.1, 0.15) is 5.76 Å². The molecular weight excluding hydrogens is 312 g/mol. The lowest BCUT2D eigenvalue weighted by molar-refractivity contribution is 0.0736. The summed E-state index contributed by atoms with van der Waals surface area (Å²) in [5.41, 5.74) is 0.407. The number of anilines is 1. The molecule has 0 aliphatic carbocycles. The maximum atomic E-state index is 12.5. The zero-order chi connectivity index (χ0) is 16.4. The molecule has 3 rings (SSSR count). The van der Waals surface area contributed by atoms with Gasteiger partial charge in [-0.2, -0.15) is 0 Å². The van der Waals surface area contributed by atoms with Gasteiger partial charge in [0, 0.05) is 49.2 Å². The first-order valence-electron chi connectivity index (χ1n) is 8.04. The van der Waals surface area contributed by atoms with Crippen LogP contribution < -0.4 is 4.90 Å². The predicted octanol–water partition coefficient (Wildman–Crippen LogP) is 2.78. The summed E-state index contributed by atoms with van der Waals surface area (Å²) in [4.78, 5) is 22.4. The van der Waals surface area contributed by atoms with Crippen LogP contribution in [0.4, 0.5) is 5.13 Å². The Morgan fingerprint density at radius 1 is 1.35 bits per heavy atom. The summed E-state index contributed by atoms with van der Waals surface area (Å²) in [7, 11) is 0. The largest absolute Gasteiger partial charge is 0.360 e. The summed E-state index contributed by atoms with van der Waals surface area (Å²) >= 11 is 1.74. The highest BCUT2D eigenvalue weighted by Crippen LogP contribution is 2.24. The number of carbonyl (C=O) groups is 1. The van der Waals surface area contributed by atoms with Crippen molar-refractivity contribution in [1.29, 1.82) is 0 Å². The Balaban J connectivity index is 1.60. The monoisotopic (exact) mass is 334 g/mol. The van der Waals surface area contributed by atoms with E-state index in [2.05, 4.69) is 22.0 Å². The van der Waals surface area contributed by atoms with Crippen LogP contribution in [-0.4, -0.2) is 47.1 Å². The second kappa shape index (κ2) is 6.70. The van der Waals surface area contributed by atoms with E-state index in [0.29, 0.717) is 18.8 Å². The third-order valence-electron chi connectivity index (χ3n) is 4.04. The minimum atomic E-state index is -0.0475. The van der Waals surface area contributed by atoms with Crippen LogP contribution in [0.1, 0.15) is 47.8 Å². The van der Waals surface area contributed by atoms with Crippen molar-refractivity contribution >= 4 is 22.4 Å². The van der Waals surface area contributed by atoms with E-state index < -0.39 is 0 Å². The third kappa shape index (κ3) is 3.39. The number of aryl methyl sites for hydroxylation is 1. The Labute approximate surface area is 140 Å². The normalized spacial score (nSPS) is 15.5. The van der Waals surface area contributed by atoms with Gasteiger partial charge in [0.2, 0.25) is 0 Å². The molecule has 0 bridgehead atoms. The SMILES string of the molecule is CCc1cnc(N2CCN(C(=O)c3cc(C(C)C)on3)CC2)s1. The molecule has 0 spiro atoms. The molecule has 6 nitrogen and oxygen atoms in total. The lowest BCUT2D eigenvalue weighted by Crippen LogP contribution is -2.48. The Morgan fingerprint density at radius 3 is 2.65 bits per heavy atom. The highest BCUT2D eigenvalue weighted by molar-refractivity contribution is 7.15. The molecule has 0 N–H and O–H groups in total. The molecule has 23 heavy (non-hydrogen) atoms. The van der Waals surface area contributed by atoms with Crippen molar-refractivity contribution in [1.82, 2.24) is 15.0 Å². The van der Waals surface area contributed by atoms with Crippen LogP contribution in [0.3, 0.4) is 0 Å². The van der Waals surface area contributed by atoms with Gasteiger partial charge in [-0.15, -0.1) is 11.3 Å². The molecule has 0 aromatic carbocycles. The Bertz CT molecular complexity index is 671. The minimum Gasteiger partial charge on any atom is -0.360 e. The van der Waals surface area contributed by atoms with Gasteiger partial charge in [-0.3, -0.25) is 4.79 Å². The molecule has 0 unspecified atom stereocenters. The van der Waals surface area contributed by atoms with Crippen LogP contribution >= 0.6 is 11.3 Å². The van der Waals surface area contributed by atoms with Crippen LogP contribution in [0.15, 0.2) is 16.8 Å². The fourth-order valence-electron chi connectivity index (χ4n) is 2.53. The molecule has 0 radical (unpaired) electrons. The quantitative estimate of drug-likeness (QED) is 0.860. The van der Waals surface area contributed by atoms with Crippen LogP contribution in [0.2, 0.25) is 0 Å². The molecule has 7 heteroatoms. The zero-order valence-corrected chi connectivity index (χ0v) is 14.6. The minimum absolute atomic E-state index is 0.0475. The van der Waals surface area contributed by atoms with Gasteiger partial charge in [-0.05, 0) is 6.42 Å². The summed E-state index contributed by atoms with van der Waals surface area (Å²) in [6.45, 7) is 9.15. The van der Waals surface area contributed by atoms with Crippen molar-refractivity contribution in [2.75, 3.05) is 31.1 Å². The topological polar surface area (TPSA) is 62.5 Å². The molecule has 2 aromatic rings. The molecule has 1 amide bonds. The average Bonchev–Trinajstić information content (AvgIpc) is 3.23. The molecule has 1 saturated heterocycles.